The molecule has 2 heterocycles. The van der Waals surface area contributed by atoms with E-state index in [4.69, 9.17) is 14.6 Å². The van der Waals surface area contributed by atoms with Gasteiger partial charge in [-0.2, -0.15) is 0 Å². The molecule has 1 N–H and O–H groups in total. The van der Waals surface area contributed by atoms with E-state index >= 15 is 0 Å². The van der Waals surface area contributed by atoms with Gasteiger partial charge in [0.15, 0.2) is 0 Å². The molecule has 1 aromatic heterocycles. The van der Waals surface area contributed by atoms with E-state index in [2.05, 4.69) is 19.1 Å². The Morgan fingerprint density at radius 3 is 2.73 bits per heavy atom. The van der Waals surface area contributed by atoms with Crippen LogP contribution in [0, 0.1) is 6.92 Å². The first-order valence-corrected chi connectivity index (χ1v) is 9.72. The summed E-state index contributed by atoms with van der Waals surface area (Å²) < 4.78 is 11.6. The van der Waals surface area contributed by atoms with Crippen LogP contribution >= 0.6 is 11.3 Å². The van der Waals surface area contributed by atoms with Crippen LogP contribution in [0.2, 0.25) is 0 Å². The Balaban J connectivity index is 1.60. The van der Waals surface area contributed by atoms with E-state index in [-0.39, 0.29) is 6.42 Å². The Labute approximate surface area is 158 Å². The SMILES string of the molecule is Cc1ccc(C2=C(COc3ccc(CCCC(=O)O)cc3)COCC2)s1. The number of ether oxygens (including phenoxy) is 2. The third-order valence-electron chi connectivity index (χ3n) is 4.43. The maximum atomic E-state index is 10.6. The lowest BCUT2D eigenvalue weighted by molar-refractivity contribution is -0.137. The molecule has 4 nitrogen and oxygen atoms in total. The zero-order valence-corrected chi connectivity index (χ0v) is 15.8. The molecule has 0 unspecified atom stereocenters. The minimum Gasteiger partial charge on any atom is -0.489 e. The van der Waals surface area contributed by atoms with Crippen LogP contribution in [0.5, 0.6) is 5.75 Å². The topological polar surface area (TPSA) is 55.8 Å². The molecular formula is C21H24O4S. The molecule has 1 aromatic carbocycles. The summed E-state index contributed by atoms with van der Waals surface area (Å²) in [6.45, 7) is 4.05. The van der Waals surface area contributed by atoms with E-state index < -0.39 is 5.97 Å². The number of hydrogen-bond acceptors (Lipinski definition) is 4. The number of thiophene rings is 1. The highest BCUT2D eigenvalue weighted by atomic mass is 32.1. The fraction of sp³-hybridized carbons (Fsp3) is 0.381. The minimum absolute atomic E-state index is 0.206. The van der Waals surface area contributed by atoms with E-state index in [0.717, 1.165) is 30.8 Å². The molecule has 0 spiro atoms. The molecule has 0 fully saturated rings. The third kappa shape index (κ3) is 5.19. The number of carbonyl (C=O) groups is 1. The second-order valence-corrected chi connectivity index (χ2v) is 7.76. The van der Waals surface area contributed by atoms with Crippen LogP contribution in [0.25, 0.3) is 5.57 Å². The van der Waals surface area contributed by atoms with Crippen molar-refractivity contribution in [3.05, 3.63) is 57.3 Å². The standard InChI is InChI=1S/C21H24O4S/c1-15-5-10-20(26-15)19-11-12-24-13-17(19)14-25-18-8-6-16(7-9-18)3-2-4-21(22)23/h5-10H,2-4,11-14H2,1H3,(H,22,23). The van der Waals surface area contributed by atoms with Crippen LogP contribution in [0.4, 0.5) is 0 Å². The zero-order valence-electron chi connectivity index (χ0n) is 15.0. The number of aliphatic carboxylic acids is 1. The summed E-state index contributed by atoms with van der Waals surface area (Å²) in [7, 11) is 0. The average Bonchev–Trinajstić information content (AvgIpc) is 3.07. The van der Waals surface area contributed by atoms with Crippen molar-refractivity contribution >= 4 is 22.9 Å². The van der Waals surface area contributed by atoms with E-state index in [0.29, 0.717) is 19.6 Å². The van der Waals surface area contributed by atoms with Crippen LogP contribution in [-0.4, -0.2) is 30.9 Å². The Morgan fingerprint density at radius 2 is 2.04 bits per heavy atom. The molecule has 1 aliphatic rings. The third-order valence-corrected chi connectivity index (χ3v) is 5.49. The highest BCUT2D eigenvalue weighted by molar-refractivity contribution is 7.13. The molecule has 0 aliphatic carbocycles. The Hall–Kier alpha value is -2.11. The summed E-state index contributed by atoms with van der Waals surface area (Å²) in [5.41, 5.74) is 3.71. The van der Waals surface area contributed by atoms with Gasteiger partial charge in [-0.15, -0.1) is 11.3 Å². The molecule has 3 rings (SSSR count). The highest BCUT2D eigenvalue weighted by Crippen LogP contribution is 2.31. The summed E-state index contributed by atoms with van der Waals surface area (Å²) in [6.07, 6.45) is 2.56. The number of carboxylic acids is 1. The molecule has 138 valence electrons. The first kappa shape index (κ1) is 18.7. The smallest absolute Gasteiger partial charge is 0.303 e. The van der Waals surface area contributed by atoms with E-state index in [9.17, 15) is 4.79 Å². The van der Waals surface area contributed by atoms with Crippen molar-refractivity contribution in [2.24, 2.45) is 0 Å². The highest BCUT2D eigenvalue weighted by Gasteiger charge is 2.16. The van der Waals surface area contributed by atoms with E-state index in [1.807, 2.05) is 35.6 Å². The second-order valence-electron chi connectivity index (χ2n) is 6.47. The first-order chi connectivity index (χ1) is 12.6. The minimum atomic E-state index is -0.746. The molecule has 2 aromatic rings. The van der Waals surface area contributed by atoms with Gasteiger partial charge in [0, 0.05) is 16.2 Å². The van der Waals surface area contributed by atoms with Gasteiger partial charge >= 0.3 is 5.97 Å². The number of rotatable bonds is 8. The monoisotopic (exact) mass is 372 g/mol. The fourth-order valence-corrected chi connectivity index (χ4v) is 4.01. The van der Waals surface area contributed by atoms with Gasteiger partial charge in [0.25, 0.3) is 0 Å². The van der Waals surface area contributed by atoms with Crippen molar-refractivity contribution in [1.29, 1.82) is 0 Å². The van der Waals surface area contributed by atoms with Crippen LogP contribution < -0.4 is 4.74 Å². The van der Waals surface area contributed by atoms with E-state index in [1.54, 1.807) is 0 Å². The predicted molar refractivity (Wildman–Crippen MR) is 104 cm³/mol. The van der Waals surface area contributed by atoms with Crippen molar-refractivity contribution in [2.75, 3.05) is 19.8 Å². The fourth-order valence-electron chi connectivity index (χ4n) is 3.02. The van der Waals surface area contributed by atoms with E-state index in [1.165, 1.54) is 20.9 Å². The summed E-state index contributed by atoms with van der Waals surface area (Å²) in [5, 5.41) is 8.70. The van der Waals surface area contributed by atoms with Gasteiger partial charge in [-0.25, -0.2) is 0 Å². The van der Waals surface area contributed by atoms with Crippen LogP contribution in [-0.2, 0) is 16.0 Å². The molecule has 0 bridgehead atoms. The average molecular weight is 372 g/mol. The van der Waals surface area contributed by atoms with Crippen molar-refractivity contribution in [3.63, 3.8) is 0 Å². The summed E-state index contributed by atoms with van der Waals surface area (Å²) in [6, 6.07) is 12.3. The van der Waals surface area contributed by atoms with Crippen molar-refractivity contribution in [2.45, 2.75) is 32.6 Å². The lowest BCUT2D eigenvalue weighted by Gasteiger charge is -2.20. The zero-order chi connectivity index (χ0) is 18.4. The Bertz CT molecular complexity index is 774. The Morgan fingerprint density at radius 1 is 1.23 bits per heavy atom. The van der Waals surface area contributed by atoms with Gasteiger partial charge in [-0.1, -0.05) is 12.1 Å². The summed E-state index contributed by atoms with van der Waals surface area (Å²) in [4.78, 5) is 13.2. The molecule has 5 heteroatoms. The molecule has 0 saturated carbocycles. The maximum absolute atomic E-state index is 10.6. The van der Waals surface area contributed by atoms with Crippen LogP contribution in [0.15, 0.2) is 42.0 Å². The molecule has 1 aliphatic heterocycles. The molecule has 0 atom stereocenters. The van der Waals surface area contributed by atoms with Gasteiger partial charge in [0.2, 0.25) is 0 Å². The van der Waals surface area contributed by atoms with Gasteiger partial charge in [-0.3, -0.25) is 4.79 Å². The molecule has 0 saturated heterocycles. The summed E-state index contributed by atoms with van der Waals surface area (Å²) in [5.74, 6) is 0.0800. The van der Waals surface area contributed by atoms with Gasteiger partial charge in [0.1, 0.15) is 12.4 Å². The Kier molecular flexibility index (Phi) is 6.47. The van der Waals surface area contributed by atoms with Crippen LogP contribution in [0.3, 0.4) is 0 Å². The molecule has 26 heavy (non-hydrogen) atoms. The van der Waals surface area contributed by atoms with Crippen LogP contribution in [0.1, 0.15) is 34.6 Å². The lowest BCUT2D eigenvalue weighted by atomic mass is 10.0. The lowest BCUT2D eigenvalue weighted by Crippen LogP contribution is -2.15. The molecule has 0 amide bonds. The predicted octanol–water partition coefficient (Wildman–Crippen LogP) is 4.72. The summed E-state index contributed by atoms with van der Waals surface area (Å²) >= 11 is 1.82. The number of hydrogen-bond donors (Lipinski definition) is 1. The quantitative estimate of drug-likeness (QED) is 0.729. The van der Waals surface area contributed by atoms with Gasteiger partial charge in [-0.05, 0) is 67.2 Å². The number of aryl methyl sites for hydroxylation is 2. The number of carboxylic acid groups (broad SMARTS) is 1. The van der Waals surface area contributed by atoms with Gasteiger partial charge < -0.3 is 14.6 Å². The first-order valence-electron chi connectivity index (χ1n) is 8.91. The van der Waals surface area contributed by atoms with Gasteiger partial charge in [0.05, 0.1) is 13.2 Å². The molecule has 0 radical (unpaired) electrons. The van der Waals surface area contributed by atoms with Crippen molar-refractivity contribution < 1.29 is 19.4 Å². The number of benzene rings is 1. The largest absolute Gasteiger partial charge is 0.489 e. The van der Waals surface area contributed by atoms with Crippen molar-refractivity contribution in [1.82, 2.24) is 0 Å². The second kappa shape index (κ2) is 9.01. The van der Waals surface area contributed by atoms with Crippen molar-refractivity contribution in [3.8, 4) is 5.75 Å². The molecular weight excluding hydrogens is 348 g/mol. The maximum Gasteiger partial charge on any atom is 0.303 e. The normalized spacial score (nSPS) is 14.5.